The minimum atomic E-state index is -1.82. The monoisotopic (exact) mass is 478 g/mol. The summed E-state index contributed by atoms with van der Waals surface area (Å²) in [7, 11) is 0. The molecule has 8 heteroatoms. The molecule has 1 amide bonds. The number of halogens is 1. The maximum absolute atomic E-state index is 13.9. The summed E-state index contributed by atoms with van der Waals surface area (Å²) in [4.78, 5) is 35.8. The SMILES string of the molecule is O=C(C(c1ccccc1)c1ccccc1)N1CCN(Cc2ccccc2F)CC1.O=C(O)C(=O)O. The fraction of sp³-hybridized carbons (Fsp3) is 0.222. The van der Waals surface area contributed by atoms with Crippen molar-refractivity contribution in [3.05, 3.63) is 107 Å². The second-order valence-electron chi connectivity index (χ2n) is 8.06. The molecule has 1 aliphatic heterocycles. The van der Waals surface area contributed by atoms with Crippen LogP contribution < -0.4 is 0 Å². The van der Waals surface area contributed by atoms with E-state index in [9.17, 15) is 9.18 Å². The number of benzene rings is 3. The van der Waals surface area contributed by atoms with E-state index in [2.05, 4.69) is 4.90 Å². The topological polar surface area (TPSA) is 98.2 Å². The lowest BCUT2D eigenvalue weighted by Gasteiger charge is -2.36. The smallest absolute Gasteiger partial charge is 0.414 e. The zero-order chi connectivity index (χ0) is 25.2. The summed E-state index contributed by atoms with van der Waals surface area (Å²) in [6.07, 6.45) is 0. The van der Waals surface area contributed by atoms with Gasteiger partial charge in [0.2, 0.25) is 5.91 Å². The molecule has 0 unspecified atom stereocenters. The van der Waals surface area contributed by atoms with Crippen LogP contribution >= 0.6 is 0 Å². The highest BCUT2D eigenvalue weighted by Gasteiger charge is 2.29. The first-order valence-corrected chi connectivity index (χ1v) is 11.2. The third kappa shape index (κ3) is 7.22. The van der Waals surface area contributed by atoms with E-state index < -0.39 is 11.9 Å². The highest BCUT2D eigenvalue weighted by atomic mass is 19.1. The normalized spacial score (nSPS) is 13.6. The van der Waals surface area contributed by atoms with Crippen LogP contribution in [0.2, 0.25) is 0 Å². The van der Waals surface area contributed by atoms with Crippen molar-refractivity contribution in [2.24, 2.45) is 0 Å². The number of aliphatic carboxylic acids is 2. The molecule has 0 bridgehead atoms. The minimum absolute atomic E-state index is 0.132. The molecule has 0 saturated carbocycles. The zero-order valence-corrected chi connectivity index (χ0v) is 19.1. The zero-order valence-electron chi connectivity index (χ0n) is 19.1. The molecule has 0 aromatic heterocycles. The number of hydrogen-bond acceptors (Lipinski definition) is 4. The first-order chi connectivity index (χ1) is 16.9. The van der Waals surface area contributed by atoms with Gasteiger partial charge in [-0.15, -0.1) is 0 Å². The Morgan fingerprint density at radius 3 is 1.63 bits per heavy atom. The van der Waals surface area contributed by atoms with E-state index in [0.717, 1.165) is 24.2 Å². The Bertz CT molecular complexity index is 1080. The molecule has 0 spiro atoms. The number of piperazine rings is 1. The number of hydrogen-bond donors (Lipinski definition) is 2. The molecule has 4 rings (SSSR count). The molecule has 1 fully saturated rings. The maximum atomic E-state index is 13.9. The first kappa shape index (κ1) is 25.6. The fourth-order valence-electron chi connectivity index (χ4n) is 3.95. The second kappa shape index (κ2) is 12.4. The lowest BCUT2D eigenvalue weighted by atomic mass is 9.90. The van der Waals surface area contributed by atoms with Crippen LogP contribution in [0, 0.1) is 5.82 Å². The van der Waals surface area contributed by atoms with Gasteiger partial charge in [-0.1, -0.05) is 78.9 Å². The Morgan fingerprint density at radius 2 is 1.17 bits per heavy atom. The molecule has 2 N–H and O–H groups in total. The maximum Gasteiger partial charge on any atom is 0.414 e. The largest absolute Gasteiger partial charge is 0.473 e. The number of nitrogens with zero attached hydrogens (tertiary/aromatic N) is 2. The minimum Gasteiger partial charge on any atom is -0.473 e. The second-order valence-corrected chi connectivity index (χ2v) is 8.06. The number of carboxylic acids is 2. The highest BCUT2D eigenvalue weighted by Crippen LogP contribution is 2.27. The van der Waals surface area contributed by atoms with Crippen molar-refractivity contribution in [3.8, 4) is 0 Å². The van der Waals surface area contributed by atoms with Gasteiger partial charge >= 0.3 is 11.9 Å². The molecule has 0 atom stereocenters. The van der Waals surface area contributed by atoms with Gasteiger partial charge in [0.25, 0.3) is 0 Å². The van der Waals surface area contributed by atoms with E-state index in [4.69, 9.17) is 19.8 Å². The van der Waals surface area contributed by atoms with Crippen LogP contribution in [0.4, 0.5) is 4.39 Å². The summed E-state index contributed by atoms with van der Waals surface area (Å²) < 4.78 is 13.9. The van der Waals surface area contributed by atoms with E-state index >= 15 is 0 Å². The summed E-state index contributed by atoms with van der Waals surface area (Å²) >= 11 is 0. The van der Waals surface area contributed by atoms with Crippen LogP contribution in [0.3, 0.4) is 0 Å². The van der Waals surface area contributed by atoms with E-state index in [0.29, 0.717) is 25.2 Å². The molecular weight excluding hydrogens is 451 g/mol. The van der Waals surface area contributed by atoms with Gasteiger partial charge in [0.15, 0.2) is 0 Å². The van der Waals surface area contributed by atoms with E-state index in [1.54, 1.807) is 6.07 Å². The van der Waals surface area contributed by atoms with Crippen LogP contribution in [0.1, 0.15) is 22.6 Å². The van der Waals surface area contributed by atoms with Crippen molar-refractivity contribution < 1.29 is 29.0 Å². The summed E-state index contributed by atoms with van der Waals surface area (Å²) in [5, 5.41) is 14.8. The Balaban J connectivity index is 0.000000509. The number of carbonyl (C=O) groups is 3. The van der Waals surface area contributed by atoms with Gasteiger partial charge in [0, 0.05) is 38.3 Å². The van der Waals surface area contributed by atoms with Crippen molar-refractivity contribution in [3.63, 3.8) is 0 Å². The summed E-state index contributed by atoms with van der Waals surface area (Å²) in [5.74, 6) is -3.98. The molecule has 0 radical (unpaired) electrons. The van der Waals surface area contributed by atoms with E-state index in [1.807, 2.05) is 77.7 Å². The van der Waals surface area contributed by atoms with Crippen molar-refractivity contribution in [1.82, 2.24) is 9.80 Å². The third-order valence-corrected chi connectivity index (χ3v) is 5.73. The molecule has 3 aromatic carbocycles. The van der Waals surface area contributed by atoms with Crippen LogP contribution in [0.5, 0.6) is 0 Å². The lowest BCUT2D eigenvalue weighted by Crippen LogP contribution is -2.49. The molecule has 1 aliphatic rings. The third-order valence-electron chi connectivity index (χ3n) is 5.73. The van der Waals surface area contributed by atoms with Crippen molar-refractivity contribution in [2.75, 3.05) is 26.2 Å². The average molecular weight is 479 g/mol. The van der Waals surface area contributed by atoms with Crippen LogP contribution in [-0.2, 0) is 20.9 Å². The molecular formula is C27H27FN2O5. The Morgan fingerprint density at radius 1 is 0.714 bits per heavy atom. The van der Waals surface area contributed by atoms with Gasteiger partial charge in [-0.25, -0.2) is 14.0 Å². The van der Waals surface area contributed by atoms with Crippen LogP contribution in [-0.4, -0.2) is 64.0 Å². The predicted octanol–water partition coefficient (Wildman–Crippen LogP) is 3.46. The predicted molar refractivity (Wildman–Crippen MR) is 128 cm³/mol. The summed E-state index contributed by atoms with van der Waals surface area (Å²) in [6.45, 7) is 3.38. The number of rotatable bonds is 5. The van der Waals surface area contributed by atoms with Gasteiger partial charge in [-0.05, 0) is 17.2 Å². The van der Waals surface area contributed by atoms with Crippen molar-refractivity contribution in [2.45, 2.75) is 12.5 Å². The molecule has 35 heavy (non-hydrogen) atoms. The van der Waals surface area contributed by atoms with Gasteiger partial charge in [0.1, 0.15) is 5.82 Å². The Kier molecular flexibility index (Phi) is 9.09. The number of carbonyl (C=O) groups excluding carboxylic acids is 1. The number of carboxylic acid groups (broad SMARTS) is 2. The fourth-order valence-corrected chi connectivity index (χ4v) is 3.95. The molecule has 1 saturated heterocycles. The molecule has 182 valence electrons. The first-order valence-electron chi connectivity index (χ1n) is 11.2. The van der Waals surface area contributed by atoms with Gasteiger partial charge in [-0.3, -0.25) is 9.69 Å². The quantitative estimate of drug-likeness (QED) is 0.545. The molecule has 3 aromatic rings. The van der Waals surface area contributed by atoms with E-state index in [-0.39, 0.29) is 17.6 Å². The van der Waals surface area contributed by atoms with Crippen LogP contribution in [0.15, 0.2) is 84.9 Å². The molecule has 7 nitrogen and oxygen atoms in total. The summed E-state index contributed by atoms with van der Waals surface area (Å²) in [5.41, 5.74) is 2.73. The van der Waals surface area contributed by atoms with Gasteiger partial charge < -0.3 is 15.1 Å². The standard InChI is InChI=1S/C25H25FN2O.C2H2O4/c26-23-14-8-7-13-22(23)19-27-15-17-28(18-16-27)25(29)24(20-9-3-1-4-10-20)21-11-5-2-6-12-21;3-1(4)2(5)6/h1-14,24H,15-19H2;(H,3,4)(H,5,6). The Hall–Kier alpha value is -4.04. The lowest BCUT2D eigenvalue weighted by molar-refractivity contribution is -0.159. The van der Waals surface area contributed by atoms with Crippen molar-refractivity contribution >= 4 is 17.8 Å². The van der Waals surface area contributed by atoms with Crippen LogP contribution in [0.25, 0.3) is 0 Å². The summed E-state index contributed by atoms with van der Waals surface area (Å²) in [6, 6.07) is 26.8. The van der Waals surface area contributed by atoms with Crippen molar-refractivity contribution in [1.29, 1.82) is 0 Å². The van der Waals surface area contributed by atoms with Gasteiger partial charge in [-0.2, -0.15) is 0 Å². The molecule has 0 aliphatic carbocycles. The Labute approximate surface area is 203 Å². The average Bonchev–Trinajstić information content (AvgIpc) is 2.87. The number of amides is 1. The highest BCUT2D eigenvalue weighted by molar-refractivity contribution is 6.27. The van der Waals surface area contributed by atoms with Gasteiger partial charge in [0.05, 0.1) is 5.92 Å². The van der Waals surface area contributed by atoms with E-state index in [1.165, 1.54) is 6.07 Å². The molecule has 1 heterocycles.